The maximum atomic E-state index is 13.3. The fraction of sp³-hybridized carbons (Fsp3) is 0.750. The Morgan fingerprint density at radius 1 is 1.12 bits per heavy atom. The predicted molar refractivity (Wildman–Crippen MR) is 124 cm³/mol. The summed E-state index contributed by atoms with van der Waals surface area (Å²) >= 11 is 0. The van der Waals surface area contributed by atoms with Crippen LogP contribution in [0.4, 0.5) is 5.82 Å². The minimum Gasteiger partial charge on any atom is -0.373 e. The number of anilines is 1. The molecule has 0 bridgehead atoms. The molecule has 0 spiro atoms. The van der Waals surface area contributed by atoms with Gasteiger partial charge in [-0.3, -0.25) is 9.59 Å². The molecule has 8 nitrogen and oxygen atoms in total. The van der Waals surface area contributed by atoms with Crippen molar-refractivity contribution in [2.24, 2.45) is 0 Å². The molecule has 1 aliphatic carbocycles. The van der Waals surface area contributed by atoms with Crippen molar-refractivity contribution >= 4 is 17.6 Å². The van der Waals surface area contributed by atoms with Crippen LogP contribution in [-0.4, -0.2) is 70.9 Å². The highest BCUT2D eigenvalue weighted by Gasteiger charge is 2.37. The largest absolute Gasteiger partial charge is 0.373 e. The Balaban J connectivity index is 1.48. The van der Waals surface area contributed by atoms with E-state index in [0.29, 0.717) is 13.0 Å². The molecule has 2 fully saturated rings. The third-order valence-corrected chi connectivity index (χ3v) is 7.39. The van der Waals surface area contributed by atoms with Crippen LogP contribution in [0.5, 0.6) is 0 Å². The van der Waals surface area contributed by atoms with Gasteiger partial charge < -0.3 is 20.4 Å². The molecule has 1 aromatic heterocycles. The van der Waals surface area contributed by atoms with Gasteiger partial charge in [-0.1, -0.05) is 19.3 Å². The highest BCUT2D eigenvalue weighted by molar-refractivity contribution is 5.80. The highest BCUT2D eigenvalue weighted by Crippen LogP contribution is 2.34. The van der Waals surface area contributed by atoms with Crippen LogP contribution in [0.25, 0.3) is 0 Å². The molecule has 2 aliphatic heterocycles. The first kappa shape index (κ1) is 23.0. The van der Waals surface area contributed by atoms with E-state index < -0.39 is 0 Å². The molecule has 1 aromatic rings. The van der Waals surface area contributed by atoms with Gasteiger partial charge in [-0.05, 0) is 32.7 Å². The molecule has 0 radical (unpaired) electrons. The quantitative estimate of drug-likeness (QED) is 0.728. The lowest BCUT2D eigenvalue weighted by atomic mass is 9.78. The van der Waals surface area contributed by atoms with E-state index in [9.17, 15) is 9.59 Å². The van der Waals surface area contributed by atoms with Crippen molar-refractivity contribution in [2.75, 3.05) is 39.0 Å². The standard InChI is InChI=1S/C24H38N6O2/c1-17(31)28-24(10-5-4-6-11-24)14-21(32)30-12-7-8-18(15-30)22-26-20-9-13-29(3)16-19(20)23(25-2)27-22/h18H,4-16H2,1-3H3,(H,28,31)(H,25,26,27)/t18-/m1/s1. The summed E-state index contributed by atoms with van der Waals surface area (Å²) in [6.07, 6.45) is 8.41. The van der Waals surface area contributed by atoms with Crippen LogP contribution < -0.4 is 10.6 Å². The van der Waals surface area contributed by atoms with Crippen LogP contribution in [0.2, 0.25) is 0 Å². The average Bonchev–Trinajstić information content (AvgIpc) is 2.78. The lowest BCUT2D eigenvalue weighted by molar-refractivity contribution is -0.135. The van der Waals surface area contributed by atoms with Crippen LogP contribution in [0.3, 0.4) is 0 Å². The average molecular weight is 443 g/mol. The number of likely N-dealkylation sites (tertiary alicyclic amines) is 1. The van der Waals surface area contributed by atoms with E-state index in [2.05, 4.69) is 22.6 Å². The maximum Gasteiger partial charge on any atom is 0.224 e. The van der Waals surface area contributed by atoms with Crippen molar-refractivity contribution in [1.29, 1.82) is 0 Å². The number of hydrogen-bond donors (Lipinski definition) is 2. The molecular formula is C24H38N6O2. The van der Waals surface area contributed by atoms with Gasteiger partial charge in [0.2, 0.25) is 11.8 Å². The molecule has 3 aliphatic rings. The Morgan fingerprint density at radius 3 is 2.62 bits per heavy atom. The van der Waals surface area contributed by atoms with Gasteiger partial charge in [-0.15, -0.1) is 0 Å². The summed E-state index contributed by atoms with van der Waals surface area (Å²) in [5.41, 5.74) is 1.97. The second-order valence-corrected chi connectivity index (χ2v) is 9.97. The zero-order chi connectivity index (χ0) is 22.7. The van der Waals surface area contributed by atoms with Gasteiger partial charge in [-0.2, -0.15) is 0 Å². The number of carbonyl (C=O) groups is 2. The van der Waals surface area contributed by atoms with Crippen molar-refractivity contribution in [3.8, 4) is 0 Å². The van der Waals surface area contributed by atoms with Crippen LogP contribution in [0.1, 0.15) is 81.3 Å². The Labute approximate surface area is 191 Å². The fourth-order valence-electron chi connectivity index (χ4n) is 5.72. The monoisotopic (exact) mass is 442 g/mol. The summed E-state index contributed by atoms with van der Waals surface area (Å²) in [7, 11) is 4.05. The van der Waals surface area contributed by atoms with Gasteiger partial charge >= 0.3 is 0 Å². The normalized spacial score (nSPS) is 23.3. The number of fused-ring (bicyclic) bond motifs is 1. The molecule has 1 saturated carbocycles. The van der Waals surface area contributed by atoms with Gasteiger partial charge in [0.25, 0.3) is 0 Å². The third kappa shape index (κ3) is 5.05. The van der Waals surface area contributed by atoms with Crippen LogP contribution >= 0.6 is 0 Å². The number of likely N-dealkylation sites (N-methyl/N-ethyl adjacent to an activating group) is 1. The fourth-order valence-corrected chi connectivity index (χ4v) is 5.72. The van der Waals surface area contributed by atoms with E-state index >= 15 is 0 Å². The second kappa shape index (κ2) is 9.73. The van der Waals surface area contributed by atoms with E-state index in [1.165, 1.54) is 12.0 Å². The molecule has 8 heteroatoms. The van der Waals surface area contributed by atoms with Gasteiger partial charge in [0.1, 0.15) is 11.6 Å². The molecule has 176 valence electrons. The predicted octanol–water partition coefficient (Wildman–Crippen LogP) is 2.44. The molecule has 1 atom stereocenters. The summed E-state index contributed by atoms with van der Waals surface area (Å²) < 4.78 is 0. The highest BCUT2D eigenvalue weighted by atomic mass is 16.2. The molecule has 2 amide bonds. The first-order chi connectivity index (χ1) is 15.4. The number of nitrogens with one attached hydrogen (secondary N) is 2. The Morgan fingerprint density at radius 2 is 1.91 bits per heavy atom. The summed E-state index contributed by atoms with van der Waals surface area (Å²) in [5, 5.41) is 6.41. The molecule has 1 saturated heterocycles. The number of nitrogens with zero attached hydrogens (tertiary/aromatic N) is 4. The Hall–Kier alpha value is -2.22. The van der Waals surface area contributed by atoms with E-state index in [0.717, 1.165) is 81.9 Å². The van der Waals surface area contributed by atoms with Crippen LogP contribution in [0.15, 0.2) is 0 Å². The van der Waals surface area contributed by atoms with Crippen molar-refractivity contribution in [1.82, 2.24) is 25.1 Å². The molecule has 2 N–H and O–H groups in total. The lowest BCUT2D eigenvalue weighted by Gasteiger charge is -2.40. The van der Waals surface area contributed by atoms with Crippen molar-refractivity contribution in [3.05, 3.63) is 17.1 Å². The van der Waals surface area contributed by atoms with E-state index in [-0.39, 0.29) is 23.3 Å². The number of rotatable bonds is 5. The van der Waals surface area contributed by atoms with Gasteiger partial charge in [-0.25, -0.2) is 9.97 Å². The lowest BCUT2D eigenvalue weighted by Crippen LogP contribution is -2.53. The molecule has 4 rings (SSSR count). The van der Waals surface area contributed by atoms with Crippen molar-refractivity contribution in [2.45, 2.75) is 82.7 Å². The van der Waals surface area contributed by atoms with Gasteiger partial charge in [0, 0.05) is 70.0 Å². The van der Waals surface area contributed by atoms with E-state index in [1.54, 1.807) is 6.92 Å². The SMILES string of the molecule is CNc1nc([C@@H]2CCCN(C(=O)CC3(NC(C)=O)CCCCC3)C2)nc2c1CN(C)CC2. The van der Waals surface area contributed by atoms with Crippen LogP contribution in [-0.2, 0) is 22.6 Å². The zero-order valence-electron chi connectivity index (χ0n) is 19.9. The van der Waals surface area contributed by atoms with Gasteiger partial charge in [0.15, 0.2) is 0 Å². The number of aromatic nitrogens is 2. The smallest absolute Gasteiger partial charge is 0.224 e. The number of amides is 2. The third-order valence-electron chi connectivity index (χ3n) is 7.39. The number of hydrogen-bond acceptors (Lipinski definition) is 6. The molecule has 3 heterocycles. The van der Waals surface area contributed by atoms with Crippen molar-refractivity contribution in [3.63, 3.8) is 0 Å². The molecule has 0 unspecified atom stereocenters. The van der Waals surface area contributed by atoms with Crippen molar-refractivity contribution < 1.29 is 9.59 Å². The molecular weight excluding hydrogens is 404 g/mol. The first-order valence-electron chi connectivity index (χ1n) is 12.2. The summed E-state index contributed by atoms with van der Waals surface area (Å²) in [5.74, 6) is 2.06. The zero-order valence-corrected chi connectivity index (χ0v) is 19.9. The number of piperidine rings is 1. The Kier molecular flexibility index (Phi) is 6.98. The van der Waals surface area contributed by atoms with Gasteiger partial charge in [0.05, 0.1) is 5.69 Å². The minimum atomic E-state index is -0.373. The second-order valence-electron chi connectivity index (χ2n) is 9.97. The summed E-state index contributed by atoms with van der Waals surface area (Å²) in [6, 6.07) is 0. The number of carbonyl (C=O) groups excluding carboxylic acids is 2. The van der Waals surface area contributed by atoms with E-state index in [1.807, 2.05) is 11.9 Å². The minimum absolute atomic E-state index is 0.0380. The first-order valence-corrected chi connectivity index (χ1v) is 12.2. The van der Waals surface area contributed by atoms with Crippen LogP contribution in [0, 0.1) is 0 Å². The summed E-state index contributed by atoms with van der Waals surface area (Å²) in [4.78, 5) is 39.3. The molecule has 0 aromatic carbocycles. The van der Waals surface area contributed by atoms with E-state index in [4.69, 9.17) is 9.97 Å². The summed E-state index contributed by atoms with van der Waals surface area (Å²) in [6.45, 7) is 4.87. The molecule has 32 heavy (non-hydrogen) atoms. The maximum absolute atomic E-state index is 13.3. The Bertz CT molecular complexity index is 834. The topological polar surface area (TPSA) is 90.5 Å².